The van der Waals surface area contributed by atoms with Gasteiger partial charge in [0.15, 0.2) is 0 Å². The first-order valence-corrected chi connectivity index (χ1v) is 4.24. The second-order valence-electron chi connectivity index (χ2n) is 3.23. The summed E-state index contributed by atoms with van der Waals surface area (Å²) in [7, 11) is 0. The number of rotatable bonds is 0. The second-order valence-corrected chi connectivity index (χ2v) is 3.23. The molecule has 0 aliphatic heterocycles. The highest BCUT2D eigenvalue weighted by atomic mass is 14.0. The molecule has 0 aromatic heterocycles. The van der Waals surface area contributed by atoms with Crippen molar-refractivity contribution in [3.63, 3.8) is 0 Å². The lowest BCUT2D eigenvalue weighted by Crippen LogP contribution is -1.82. The molecule has 0 aliphatic rings. The van der Waals surface area contributed by atoms with Gasteiger partial charge >= 0.3 is 0 Å². The molecule has 0 fully saturated rings. The third kappa shape index (κ3) is 1.57. The lowest BCUT2D eigenvalue weighted by atomic mass is 10.0. The van der Waals surface area contributed by atoms with E-state index in [-0.39, 0.29) is 7.43 Å². The summed E-state index contributed by atoms with van der Waals surface area (Å²) in [5.74, 6) is 0. The van der Waals surface area contributed by atoms with Gasteiger partial charge < -0.3 is 0 Å². The molecule has 0 unspecified atom stereocenters. The van der Waals surface area contributed by atoms with Gasteiger partial charge in [-0.05, 0) is 35.7 Å². The van der Waals surface area contributed by atoms with E-state index in [4.69, 9.17) is 0 Å². The summed E-state index contributed by atoms with van der Waals surface area (Å²) >= 11 is 0. The van der Waals surface area contributed by atoms with Crippen molar-refractivity contribution >= 4 is 10.8 Å². The first-order chi connectivity index (χ1) is 5.79. The predicted molar refractivity (Wildman–Crippen MR) is 60.2 cm³/mol. The van der Waals surface area contributed by atoms with Crippen LogP contribution in [0.2, 0.25) is 0 Å². The Hall–Kier alpha value is -1.30. The number of aryl methyl sites for hydroxylation is 2. The first kappa shape index (κ1) is 9.79. The van der Waals surface area contributed by atoms with Crippen molar-refractivity contribution in [2.24, 2.45) is 0 Å². The Morgan fingerprint density at radius 1 is 0.846 bits per heavy atom. The van der Waals surface area contributed by atoms with Gasteiger partial charge in [-0.3, -0.25) is 0 Å². The van der Waals surface area contributed by atoms with Crippen LogP contribution in [-0.4, -0.2) is 0 Å². The van der Waals surface area contributed by atoms with E-state index in [1.807, 2.05) is 0 Å². The molecule has 0 bridgehead atoms. The van der Waals surface area contributed by atoms with E-state index in [0.29, 0.717) is 0 Å². The van der Waals surface area contributed by atoms with Crippen molar-refractivity contribution in [3.8, 4) is 0 Å². The maximum atomic E-state index is 2.18. The van der Waals surface area contributed by atoms with Crippen molar-refractivity contribution in [2.75, 3.05) is 0 Å². The van der Waals surface area contributed by atoms with E-state index in [1.54, 1.807) is 0 Å². The maximum absolute atomic E-state index is 2.18. The summed E-state index contributed by atoms with van der Waals surface area (Å²) in [4.78, 5) is 0. The zero-order valence-corrected chi connectivity index (χ0v) is 7.46. The van der Waals surface area contributed by atoms with Crippen LogP contribution in [0.4, 0.5) is 0 Å². The van der Waals surface area contributed by atoms with Crippen LogP contribution >= 0.6 is 0 Å². The van der Waals surface area contributed by atoms with E-state index in [9.17, 15) is 0 Å². The van der Waals surface area contributed by atoms with Crippen LogP contribution in [0, 0.1) is 13.8 Å². The van der Waals surface area contributed by atoms with Gasteiger partial charge in [0.05, 0.1) is 0 Å². The van der Waals surface area contributed by atoms with Gasteiger partial charge in [0.1, 0.15) is 0 Å². The normalized spacial score (nSPS) is 9.69. The van der Waals surface area contributed by atoms with E-state index in [2.05, 4.69) is 50.2 Å². The Morgan fingerprint density at radius 2 is 1.54 bits per heavy atom. The minimum Gasteiger partial charge on any atom is -0.0776 e. The average molecular weight is 172 g/mol. The van der Waals surface area contributed by atoms with Crippen molar-refractivity contribution in [1.82, 2.24) is 0 Å². The lowest BCUT2D eigenvalue weighted by Gasteiger charge is -2.04. The SMILES string of the molecule is C.Cc1ccc2ccccc2c1C. The summed E-state index contributed by atoms with van der Waals surface area (Å²) in [6.45, 7) is 4.33. The molecule has 0 aliphatic carbocycles. The Balaban J connectivity index is 0.000000845. The molecule has 0 nitrogen and oxygen atoms in total. The number of hydrogen-bond donors (Lipinski definition) is 0. The van der Waals surface area contributed by atoms with Gasteiger partial charge in [0.25, 0.3) is 0 Å². The van der Waals surface area contributed by atoms with Crippen LogP contribution in [0.3, 0.4) is 0 Å². The van der Waals surface area contributed by atoms with E-state index < -0.39 is 0 Å². The predicted octanol–water partition coefficient (Wildman–Crippen LogP) is 4.09. The molecule has 0 atom stereocenters. The summed E-state index contributed by atoms with van der Waals surface area (Å²) in [6.07, 6.45) is 0. The molecule has 2 rings (SSSR count). The monoisotopic (exact) mass is 172 g/mol. The summed E-state index contributed by atoms with van der Waals surface area (Å²) in [6, 6.07) is 12.9. The summed E-state index contributed by atoms with van der Waals surface area (Å²) in [5, 5.41) is 2.71. The third-order valence-electron chi connectivity index (χ3n) is 2.47. The second kappa shape index (κ2) is 3.61. The molecule has 0 amide bonds. The van der Waals surface area contributed by atoms with Gasteiger partial charge in [0.2, 0.25) is 0 Å². The van der Waals surface area contributed by atoms with Crippen LogP contribution in [-0.2, 0) is 0 Å². The zero-order valence-electron chi connectivity index (χ0n) is 7.46. The molecule has 0 saturated carbocycles. The smallest absolute Gasteiger partial charge is 0.0152 e. The van der Waals surface area contributed by atoms with Crippen LogP contribution in [0.15, 0.2) is 36.4 Å². The largest absolute Gasteiger partial charge is 0.0776 e. The fourth-order valence-corrected chi connectivity index (χ4v) is 1.54. The molecule has 0 heteroatoms. The van der Waals surface area contributed by atoms with E-state index in [1.165, 1.54) is 21.9 Å². The molecule has 13 heavy (non-hydrogen) atoms. The third-order valence-corrected chi connectivity index (χ3v) is 2.47. The number of hydrogen-bond acceptors (Lipinski definition) is 0. The molecule has 0 N–H and O–H groups in total. The summed E-state index contributed by atoms with van der Waals surface area (Å²) < 4.78 is 0. The Bertz CT molecular complexity index is 413. The van der Waals surface area contributed by atoms with Gasteiger partial charge in [-0.25, -0.2) is 0 Å². The molecule has 0 radical (unpaired) electrons. The Labute approximate surface area is 80.2 Å². The molecule has 0 spiro atoms. The molecule has 2 aromatic rings. The minimum atomic E-state index is 0. The van der Waals surface area contributed by atoms with Crippen molar-refractivity contribution < 1.29 is 0 Å². The van der Waals surface area contributed by atoms with Crippen LogP contribution in [0.25, 0.3) is 10.8 Å². The molecule has 0 heterocycles. The molecule has 68 valence electrons. The van der Waals surface area contributed by atoms with E-state index in [0.717, 1.165) is 0 Å². The highest BCUT2D eigenvalue weighted by Gasteiger charge is 1.97. The Morgan fingerprint density at radius 3 is 2.31 bits per heavy atom. The fraction of sp³-hybridized carbons (Fsp3) is 0.231. The van der Waals surface area contributed by atoms with Gasteiger partial charge in [-0.1, -0.05) is 43.8 Å². The van der Waals surface area contributed by atoms with Crippen LogP contribution < -0.4 is 0 Å². The highest BCUT2D eigenvalue weighted by molar-refractivity contribution is 5.86. The molecular weight excluding hydrogens is 156 g/mol. The van der Waals surface area contributed by atoms with Gasteiger partial charge in [0, 0.05) is 0 Å². The van der Waals surface area contributed by atoms with Crippen molar-refractivity contribution in [2.45, 2.75) is 21.3 Å². The number of fused-ring (bicyclic) bond motifs is 1. The highest BCUT2D eigenvalue weighted by Crippen LogP contribution is 2.20. The first-order valence-electron chi connectivity index (χ1n) is 4.24. The van der Waals surface area contributed by atoms with Gasteiger partial charge in [-0.15, -0.1) is 0 Å². The molecular formula is C13H16. The standard InChI is InChI=1S/C12H12.CH4/c1-9-7-8-11-5-3-4-6-12(11)10(9)2;/h3-8H,1-2H3;1H4. The maximum Gasteiger partial charge on any atom is -0.0152 e. The zero-order chi connectivity index (χ0) is 8.55. The molecule has 2 aromatic carbocycles. The lowest BCUT2D eigenvalue weighted by molar-refractivity contribution is 1.38. The van der Waals surface area contributed by atoms with E-state index >= 15 is 0 Å². The number of benzene rings is 2. The average Bonchev–Trinajstić information content (AvgIpc) is 2.12. The Kier molecular flexibility index (Phi) is 2.72. The van der Waals surface area contributed by atoms with Gasteiger partial charge in [-0.2, -0.15) is 0 Å². The van der Waals surface area contributed by atoms with Crippen LogP contribution in [0.1, 0.15) is 18.6 Å². The fourth-order valence-electron chi connectivity index (χ4n) is 1.54. The van der Waals surface area contributed by atoms with Crippen LogP contribution in [0.5, 0.6) is 0 Å². The molecule has 0 saturated heterocycles. The van der Waals surface area contributed by atoms with Crippen molar-refractivity contribution in [3.05, 3.63) is 47.5 Å². The van der Waals surface area contributed by atoms with Crippen molar-refractivity contribution in [1.29, 1.82) is 0 Å². The quantitative estimate of drug-likeness (QED) is 0.561. The minimum absolute atomic E-state index is 0. The summed E-state index contributed by atoms with van der Waals surface area (Å²) in [5.41, 5.74) is 2.77. The topological polar surface area (TPSA) is 0 Å².